The number of hydrogen-bond acceptors (Lipinski definition) is 5. The summed E-state index contributed by atoms with van der Waals surface area (Å²) in [6.07, 6.45) is 3.02. The van der Waals surface area contributed by atoms with Crippen LogP contribution < -0.4 is 9.64 Å². The largest absolute Gasteiger partial charge is 0.478 e. The number of nitrogens with zero attached hydrogens (tertiary/aromatic N) is 4. The number of piperidine rings is 1. The lowest BCUT2D eigenvalue weighted by atomic mass is 9.95. The highest BCUT2D eigenvalue weighted by atomic mass is 16.5. The average molecular weight is 591 g/mol. The molecule has 43 heavy (non-hydrogen) atoms. The lowest BCUT2D eigenvalue weighted by molar-refractivity contribution is -0.147. The normalized spacial score (nSPS) is 19.4. The van der Waals surface area contributed by atoms with Crippen molar-refractivity contribution in [1.82, 2.24) is 14.7 Å². The number of carboxylic acid groups (broad SMARTS) is 1. The molecule has 3 fully saturated rings. The van der Waals surface area contributed by atoms with E-state index in [1.165, 1.54) is 16.0 Å². The molecule has 5 rings (SSSR count). The second-order valence-electron chi connectivity index (χ2n) is 13.1. The van der Waals surface area contributed by atoms with Gasteiger partial charge in [-0.15, -0.1) is 0 Å². The van der Waals surface area contributed by atoms with Gasteiger partial charge in [-0.2, -0.15) is 0 Å². The number of rotatable bonds is 9. The van der Waals surface area contributed by atoms with Gasteiger partial charge in [0.05, 0.1) is 5.92 Å². The number of hydrogen-bond donors (Lipinski definition) is 1. The monoisotopic (exact) mass is 590 g/mol. The van der Waals surface area contributed by atoms with Gasteiger partial charge < -0.3 is 29.4 Å². The summed E-state index contributed by atoms with van der Waals surface area (Å²) in [7, 11) is 0. The van der Waals surface area contributed by atoms with Crippen LogP contribution in [0.2, 0.25) is 0 Å². The molecule has 0 bridgehead atoms. The van der Waals surface area contributed by atoms with Crippen LogP contribution in [-0.4, -0.2) is 88.6 Å². The Balaban J connectivity index is 1.22. The molecule has 2 heterocycles. The number of carbonyl (C=O) groups is 3. The fraction of sp³-hybridized carbons (Fsp3) is 0.559. The highest BCUT2D eigenvalue weighted by molar-refractivity contribution is 5.85. The fourth-order valence-corrected chi connectivity index (χ4v) is 6.23. The van der Waals surface area contributed by atoms with Gasteiger partial charge in [0.15, 0.2) is 5.60 Å². The van der Waals surface area contributed by atoms with E-state index in [1.807, 2.05) is 24.3 Å². The topological polar surface area (TPSA) is 93.6 Å². The standard InChI is InChI=1S/C34H46N4O5/c1-24(2)26-9-5-8-25(20-26)22-38(28-13-14-28)31(39)27-10-7-15-37(23-27)29-11-6-12-30(21-29)43-34(3,4)32(40)35-16-18-36(19-17-35)33(41)42/h5-6,8-9,11-12,20-21,24,27-28H,7,10,13-19,22-23H2,1-4H3,(H,41,42)/t27-/m1/s1. The number of carbonyl (C=O) groups excluding carboxylic acids is 2. The van der Waals surface area contributed by atoms with Crippen LogP contribution in [0.15, 0.2) is 48.5 Å². The molecule has 0 radical (unpaired) electrons. The van der Waals surface area contributed by atoms with Crippen molar-refractivity contribution in [2.45, 2.75) is 77.5 Å². The van der Waals surface area contributed by atoms with E-state index in [0.717, 1.165) is 37.9 Å². The molecule has 2 aromatic carbocycles. The Morgan fingerprint density at radius 1 is 0.953 bits per heavy atom. The van der Waals surface area contributed by atoms with Crippen LogP contribution in [0.1, 0.15) is 70.4 Å². The van der Waals surface area contributed by atoms with E-state index in [9.17, 15) is 19.5 Å². The van der Waals surface area contributed by atoms with Crippen molar-refractivity contribution in [1.29, 1.82) is 0 Å². The molecule has 1 N–H and O–H groups in total. The Labute approximate surface area is 255 Å². The van der Waals surface area contributed by atoms with E-state index in [-0.39, 0.29) is 17.7 Å². The van der Waals surface area contributed by atoms with Crippen LogP contribution in [0.4, 0.5) is 10.5 Å². The van der Waals surface area contributed by atoms with Crippen molar-refractivity contribution < 1.29 is 24.2 Å². The van der Waals surface area contributed by atoms with Gasteiger partial charge in [0, 0.05) is 63.6 Å². The molecular weight excluding hydrogens is 544 g/mol. The zero-order valence-corrected chi connectivity index (χ0v) is 26.0. The molecule has 3 amide bonds. The molecule has 0 aromatic heterocycles. The second kappa shape index (κ2) is 12.9. The first-order chi connectivity index (χ1) is 20.5. The molecule has 0 unspecified atom stereocenters. The minimum absolute atomic E-state index is 0.0605. The first-order valence-electron chi connectivity index (χ1n) is 15.7. The molecule has 1 saturated carbocycles. The van der Waals surface area contributed by atoms with Crippen LogP contribution in [-0.2, 0) is 16.1 Å². The zero-order chi connectivity index (χ0) is 30.7. The van der Waals surface area contributed by atoms with Crippen LogP contribution >= 0.6 is 0 Å². The average Bonchev–Trinajstić information content (AvgIpc) is 3.85. The van der Waals surface area contributed by atoms with Crippen molar-refractivity contribution in [2.24, 2.45) is 5.92 Å². The van der Waals surface area contributed by atoms with Crippen molar-refractivity contribution in [3.8, 4) is 5.75 Å². The summed E-state index contributed by atoms with van der Waals surface area (Å²) in [4.78, 5) is 45.8. The summed E-state index contributed by atoms with van der Waals surface area (Å²) in [6, 6.07) is 16.8. The Kier molecular flexibility index (Phi) is 9.18. The third-order valence-corrected chi connectivity index (χ3v) is 8.92. The maximum Gasteiger partial charge on any atom is 0.407 e. The maximum atomic E-state index is 13.9. The minimum Gasteiger partial charge on any atom is -0.478 e. The molecule has 232 valence electrons. The lowest BCUT2D eigenvalue weighted by Gasteiger charge is -2.38. The Bertz CT molecular complexity index is 1320. The van der Waals surface area contributed by atoms with Gasteiger partial charge >= 0.3 is 6.09 Å². The Morgan fingerprint density at radius 2 is 1.65 bits per heavy atom. The molecule has 9 nitrogen and oxygen atoms in total. The Hall–Kier alpha value is -3.75. The van der Waals surface area contributed by atoms with Gasteiger partial charge in [-0.3, -0.25) is 9.59 Å². The first kappa shape index (κ1) is 30.7. The smallest absolute Gasteiger partial charge is 0.407 e. The molecule has 1 aliphatic carbocycles. The van der Waals surface area contributed by atoms with Crippen LogP contribution in [0.25, 0.3) is 0 Å². The van der Waals surface area contributed by atoms with Crippen LogP contribution in [0, 0.1) is 5.92 Å². The van der Waals surface area contributed by atoms with E-state index in [2.05, 4.69) is 47.9 Å². The third-order valence-electron chi connectivity index (χ3n) is 8.92. The highest BCUT2D eigenvalue weighted by Crippen LogP contribution is 2.34. The van der Waals surface area contributed by atoms with Gasteiger partial charge in [0.1, 0.15) is 5.75 Å². The predicted molar refractivity (Wildman–Crippen MR) is 166 cm³/mol. The molecule has 9 heteroatoms. The number of ether oxygens (including phenoxy) is 1. The highest BCUT2D eigenvalue weighted by Gasteiger charge is 2.38. The molecule has 2 aliphatic heterocycles. The molecule has 2 saturated heterocycles. The van der Waals surface area contributed by atoms with Gasteiger partial charge in [0.25, 0.3) is 5.91 Å². The molecule has 2 aromatic rings. The van der Waals surface area contributed by atoms with Crippen LogP contribution in [0.3, 0.4) is 0 Å². The van der Waals surface area contributed by atoms with Gasteiger partial charge in [-0.25, -0.2) is 4.79 Å². The van der Waals surface area contributed by atoms with E-state index in [1.54, 1.807) is 18.7 Å². The summed E-state index contributed by atoms with van der Waals surface area (Å²) < 4.78 is 6.24. The van der Waals surface area contributed by atoms with Gasteiger partial charge in [-0.05, 0) is 68.7 Å². The summed E-state index contributed by atoms with van der Waals surface area (Å²) in [6.45, 7) is 11.4. The van der Waals surface area contributed by atoms with Crippen molar-refractivity contribution in [3.05, 3.63) is 59.7 Å². The maximum absolute atomic E-state index is 13.9. The van der Waals surface area contributed by atoms with Crippen molar-refractivity contribution in [2.75, 3.05) is 44.2 Å². The van der Waals surface area contributed by atoms with Gasteiger partial charge in [-0.1, -0.05) is 44.2 Å². The number of amides is 3. The van der Waals surface area contributed by atoms with E-state index in [0.29, 0.717) is 57.0 Å². The zero-order valence-electron chi connectivity index (χ0n) is 26.0. The number of benzene rings is 2. The lowest BCUT2D eigenvalue weighted by Crippen LogP contribution is -2.56. The van der Waals surface area contributed by atoms with E-state index < -0.39 is 11.7 Å². The van der Waals surface area contributed by atoms with Crippen molar-refractivity contribution in [3.63, 3.8) is 0 Å². The summed E-state index contributed by atoms with van der Waals surface area (Å²) in [5.41, 5.74) is 2.38. The minimum atomic E-state index is -1.11. The van der Waals surface area contributed by atoms with Crippen LogP contribution in [0.5, 0.6) is 5.75 Å². The van der Waals surface area contributed by atoms with E-state index >= 15 is 0 Å². The summed E-state index contributed by atoms with van der Waals surface area (Å²) in [5.74, 6) is 1.08. The first-order valence-corrected chi connectivity index (χ1v) is 15.7. The van der Waals surface area contributed by atoms with E-state index in [4.69, 9.17) is 4.74 Å². The van der Waals surface area contributed by atoms with Gasteiger partial charge in [0.2, 0.25) is 5.91 Å². The SMILES string of the molecule is CC(C)c1cccc(CN(C(=O)[C@@H]2CCCN(c3cccc(OC(C)(C)C(=O)N4CCN(C(=O)O)CC4)c3)C2)C2CC2)c1. The predicted octanol–water partition coefficient (Wildman–Crippen LogP) is 5.20. The Morgan fingerprint density at radius 3 is 2.33 bits per heavy atom. The summed E-state index contributed by atoms with van der Waals surface area (Å²) in [5, 5.41) is 9.21. The molecule has 0 spiro atoms. The summed E-state index contributed by atoms with van der Waals surface area (Å²) >= 11 is 0. The number of anilines is 1. The van der Waals surface area contributed by atoms with Crippen molar-refractivity contribution >= 4 is 23.6 Å². The third kappa shape index (κ3) is 7.43. The molecule has 3 aliphatic rings. The number of piperazine rings is 1. The second-order valence-corrected chi connectivity index (χ2v) is 13.1. The quantitative estimate of drug-likeness (QED) is 0.432. The molecular formula is C34H46N4O5. The fourth-order valence-electron chi connectivity index (χ4n) is 6.23. The molecule has 1 atom stereocenters.